The van der Waals surface area contributed by atoms with Crippen molar-refractivity contribution >= 4 is 12.4 Å². The molecule has 0 aliphatic heterocycles. The number of benzene rings is 2. The lowest BCUT2D eigenvalue weighted by atomic mass is 10.1. The Labute approximate surface area is 122 Å². The summed E-state index contributed by atoms with van der Waals surface area (Å²) in [5.41, 5.74) is 2.47. The summed E-state index contributed by atoms with van der Waals surface area (Å²) >= 11 is 0. The largest absolute Gasteiger partial charge is 0.206 e. The Balaban J connectivity index is 2.13. The summed E-state index contributed by atoms with van der Waals surface area (Å²) in [4.78, 5) is 0. The Morgan fingerprint density at radius 3 is 2.10 bits per heavy atom. The van der Waals surface area contributed by atoms with Crippen LogP contribution in [-0.2, 0) is 6.42 Å². The molecule has 2 nitrogen and oxygen atoms in total. The van der Waals surface area contributed by atoms with Crippen molar-refractivity contribution in [2.45, 2.75) is 20.3 Å². The number of halogens is 2. The van der Waals surface area contributed by atoms with Gasteiger partial charge in [-0.15, -0.1) is 0 Å². The minimum atomic E-state index is -0.624. The average molecular weight is 286 g/mol. The fraction of sp³-hybridized carbons (Fsp3) is 0.176. The van der Waals surface area contributed by atoms with Crippen LogP contribution >= 0.6 is 0 Å². The highest BCUT2D eigenvalue weighted by atomic mass is 19.1. The molecule has 0 spiro atoms. The van der Waals surface area contributed by atoms with Crippen molar-refractivity contribution in [2.75, 3.05) is 0 Å². The van der Waals surface area contributed by atoms with Crippen LogP contribution < -0.4 is 0 Å². The van der Waals surface area contributed by atoms with E-state index in [-0.39, 0.29) is 5.56 Å². The van der Waals surface area contributed by atoms with Crippen LogP contribution in [0.1, 0.15) is 29.2 Å². The molecule has 0 amide bonds. The zero-order valence-corrected chi connectivity index (χ0v) is 12.0. The van der Waals surface area contributed by atoms with Crippen molar-refractivity contribution in [3.8, 4) is 0 Å². The van der Waals surface area contributed by atoms with Crippen LogP contribution in [0.4, 0.5) is 8.78 Å². The first-order chi connectivity index (χ1) is 10.1. The third-order valence-corrected chi connectivity index (χ3v) is 3.08. The molecule has 0 fully saturated rings. The Hall–Kier alpha value is -2.36. The van der Waals surface area contributed by atoms with Gasteiger partial charge in [-0.25, -0.2) is 8.78 Å². The summed E-state index contributed by atoms with van der Waals surface area (Å²) < 4.78 is 27.4. The molecule has 4 heteroatoms. The van der Waals surface area contributed by atoms with Gasteiger partial charge in [-0.2, -0.15) is 10.2 Å². The first-order valence-corrected chi connectivity index (χ1v) is 6.71. The summed E-state index contributed by atoms with van der Waals surface area (Å²) in [5.74, 6) is -1.25. The quantitative estimate of drug-likeness (QED) is 0.592. The molecular formula is C17H16F2N2. The van der Waals surface area contributed by atoms with E-state index in [2.05, 4.69) is 10.2 Å². The van der Waals surface area contributed by atoms with E-state index in [1.807, 2.05) is 38.1 Å². The number of rotatable bonds is 4. The molecule has 0 atom stereocenters. The molecule has 0 heterocycles. The Kier molecular flexibility index (Phi) is 4.93. The van der Waals surface area contributed by atoms with E-state index in [9.17, 15) is 8.78 Å². The molecule has 2 rings (SSSR count). The standard InChI is InChI=1S/C17H16F2N2/c1-3-13-8-16(18)15(17(19)9-13)11-21-20-10-14-6-4-12(2)5-7-14/h4-11H,3H2,1-2H3/b20-10+,21-11+. The topological polar surface area (TPSA) is 24.7 Å². The molecule has 0 aromatic heterocycles. The van der Waals surface area contributed by atoms with Crippen LogP contribution in [0.2, 0.25) is 0 Å². The normalized spacial score (nSPS) is 11.6. The maximum atomic E-state index is 13.7. The minimum Gasteiger partial charge on any atom is -0.206 e. The molecular weight excluding hydrogens is 270 g/mol. The van der Waals surface area contributed by atoms with Gasteiger partial charge in [0.25, 0.3) is 0 Å². The summed E-state index contributed by atoms with van der Waals surface area (Å²) in [6.45, 7) is 3.83. The van der Waals surface area contributed by atoms with E-state index < -0.39 is 11.6 Å². The second-order valence-corrected chi connectivity index (χ2v) is 4.73. The van der Waals surface area contributed by atoms with E-state index in [1.165, 1.54) is 18.3 Å². The molecule has 0 radical (unpaired) electrons. The summed E-state index contributed by atoms with van der Waals surface area (Å²) in [6, 6.07) is 10.3. The SMILES string of the molecule is CCc1cc(F)c(/C=N/N=C/c2ccc(C)cc2)c(F)c1. The predicted octanol–water partition coefficient (Wildman–Crippen LogP) is 4.29. The summed E-state index contributed by atoms with van der Waals surface area (Å²) in [5, 5.41) is 7.50. The maximum Gasteiger partial charge on any atom is 0.135 e. The molecule has 108 valence electrons. The number of hydrogen-bond donors (Lipinski definition) is 0. The second-order valence-electron chi connectivity index (χ2n) is 4.73. The zero-order valence-electron chi connectivity index (χ0n) is 12.0. The van der Waals surface area contributed by atoms with E-state index in [0.717, 1.165) is 17.3 Å². The van der Waals surface area contributed by atoms with Crippen LogP contribution in [0.15, 0.2) is 46.6 Å². The third kappa shape index (κ3) is 4.05. The van der Waals surface area contributed by atoms with Crippen molar-refractivity contribution in [1.82, 2.24) is 0 Å². The van der Waals surface area contributed by atoms with Gasteiger partial charge in [-0.1, -0.05) is 36.8 Å². The van der Waals surface area contributed by atoms with Gasteiger partial charge in [0.15, 0.2) is 0 Å². The molecule has 0 unspecified atom stereocenters. The molecule has 21 heavy (non-hydrogen) atoms. The first-order valence-electron chi connectivity index (χ1n) is 6.71. The smallest absolute Gasteiger partial charge is 0.135 e. The van der Waals surface area contributed by atoms with Gasteiger partial charge in [0.1, 0.15) is 11.6 Å². The highest BCUT2D eigenvalue weighted by Gasteiger charge is 2.08. The van der Waals surface area contributed by atoms with Gasteiger partial charge in [0.05, 0.1) is 18.0 Å². The number of nitrogens with zero attached hydrogens (tertiary/aromatic N) is 2. The fourth-order valence-electron chi connectivity index (χ4n) is 1.81. The van der Waals surface area contributed by atoms with Gasteiger partial charge in [0.2, 0.25) is 0 Å². The molecule has 0 aliphatic rings. The van der Waals surface area contributed by atoms with Crippen LogP contribution in [0, 0.1) is 18.6 Å². The van der Waals surface area contributed by atoms with Crippen molar-refractivity contribution in [1.29, 1.82) is 0 Å². The first kappa shape index (κ1) is 15.0. The predicted molar refractivity (Wildman–Crippen MR) is 82.1 cm³/mol. The van der Waals surface area contributed by atoms with Gasteiger partial charge < -0.3 is 0 Å². The van der Waals surface area contributed by atoms with Crippen LogP contribution in [0.5, 0.6) is 0 Å². The Morgan fingerprint density at radius 2 is 1.52 bits per heavy atom. The summed E-state index contributed by atoms with van der Waals surface area (Å²) in [7, 11) is 0. The molecule has 0 N–H and O–H groups in total. The highest BCUT2D eigenvalue weighted by molar-refractivity contribution is 5.83. The fourth-order valence-corrected chi connectivity index (χ4v) is 1.81. The Morgan fingerprint density at radius 1 is 0.952 bits per heavy atom. The molecule has 0 saturated heterocycles. The van der Waals surface area contributed by atoms with Crippen LogP contribution in [0.25, 0.3) is 0 Å². The minimum absolute atomic E-state index is 0.173. The average Bonchev–Trinajstić information content (AvgIpc) is 2.47. The van der Waals surface area contributed by atoms with Crippen molar-refractivity contribution < 1.29 is 8.78 Å². The van der Waals surface area contributed by atoms with Crippen LogP contribution in [0.3, 0.4) is 0 Å². The van der Waals surface area contributed by atoms with E-state index in [4.69, 9.17) is 0 Å². The molecule has 2 aromatic rings. The van der Waals surface area contributed by atoms with Gasteiger partial charge in [0, 0.05) is 0 Å². The van der Waals surface area contributed by atoms with E-state index >= 15 is 0 Å². The van der Waals surface area contributed by atoms with Gasteiger partial charge in [-0.3, -0.25) is 0 Å². The molecule has 0 saturated carbocycles. The number of aryl methyl sites for hydroxylation is 2. The van der Waals surface area contributed by atoms with E-state index in [0.29, 0.717) is 12.0 Å². The highest BCUT2D eigenvalue weighted by Crippen LogP contribution is 2.14. The Bertz CT molecular complexity index is 651. The maximum absolute atomic E-state index is 13.7. The molecule has 2 aromatic carbocycles. The number of hydrogen-bond acceptors (Lipinski definition) is 2. The monoisotopic (exact) mass is 286 g/mol. The zero-order chi connectivity index (χ0) is 15.2. The molecule has 0 bridgehead atoms. The molecule has 0 aliphatic carbocycles. The van der Waals surface area contributed by atoms with Crippen molar-refractivity contribution in [3.63, 3.8) is 0 Å². The van der Waals surface area contributed by atoms with Crippen LogP contribution in [-0.4, -0.2) is 12.4 Å². The lowest BCUT2D eigenvalue weighted by Crippen LogP contribution is -1.96. The van der Waals surface area contributed by atoms with E-state index in [1.54, 1.807) is 0 Å². The summed E-state index contributed by atoms with van der Waals surface area (Å²) in [6.07, 6.45) is 3.21. The third-order valence-electron chi connectivity index (χ3n) is 3.08. The van der Waals surface area contributed by atoms with Gasteiger partial charge >= 0.3 is 0 Å². The van der Waals surface area contributed by atoms with Crippen molar-refractivity contribution in [3.05, 3.63) is 70.3 Å². The lowest BCUT2D eigenvalue weighted by Gasteiger charge is -2.01. The van der Waals surface area contributed by atoms with Gasteiger partial charge in [-0.05, 0) is 36.6 Å². The lowest BCUT2D eigenvalue weighted by molar-refractivity contribution is 0.577. The second kappa shape index (κ2) is 6.88. The van der Waals surface area contributed by atoms with Crippen molar-refractivity contribution in [2.24, 2.45) is 10.2 Å².